The molecule has 1 N–H and O–H groups in total. The van der Waals surface area contributed by atoms with Gasteiger partial charge in [0.05, 0.1) is 0 Å². The van der Waals surface area contributed by atoms with Crippen LogP contribution in [0.25, 0.3) is 0 Å². The van der Waals surface area contributed by atoms with Crippen molar-refractivity contribution < 1.29 is 4.79 Å². The lowest BCUT2D eigenvalue weighted by atomic mass is 9.90. The first-order chi connectivity index (χ1) is 10.6. The van der Waals surface area contributed by atoms with Crippen LogP contribution in [0.4, 0.5) is 10.5 Å². The summed E-state index contributed by atoms with van der Waals surface area (Å²) < 4.78 is 0. The zero-order valence-corrected chi connectivity index (χ0v) is 14.7. The number of nitrogens with zero attached hydrogens (tertiary/aromatic N) is 2. The van der Waals surface area contributed by atoms with E-state index in [4.69, 9.17) is 0 Å². The summed E-state index contributed by atoms with van der Waals surface area (Å²) in [4.78, 5) is 16.2. The molecule has 0 spiro atoms. The molecule has 5 heteroatoms. The van der Waals surface area contributed by atoms with Crippen molar-refractivity contribution in [1.82, 2.24) is 10.2 Å². The predicted octanol–water partition coefficient (Wildman–Crippen LogP) is 3.00. The topological polar surface area (TPSA) is 35.6 Å². The highest BCUT2D eigenvalue weighted by molar-refractivity contribution is 7.98. The number of para-hydroxylation sites is 1. The number of carbonyl (C=O) groups is 1. The number of hydrogen-bond donors (Lipinski definition) is 1. The van der Waals surface area contributed by atoms with Crippen LogP contribution in [0.3, 0.4) is 0 Å². The zero-order chi connectivity index (χ0) is 15.9. The van der Waals surface area contributed by atoms with Crippen molar-refractivity contribution in [3.8, 4) is 0 Å². The Morgan fingerprint density at radius 2 is 2.23 bits per heavy atom. The molecule has 0 aliphatic carbocycles. The van der Waals surface area contributed by atoms with Crippen LogP contribution in [0.5, 0.6) is 0 Å². The molecular weight excluding hydrogens is 294 g/mol. The van der Waals surface area contributed by atoms with Crippen LogP contribution in [-0.2, 0) is 0 Å². The number of thioether (sulfide) groups is 1. The zero-order valence-electron chi connectivity index (χ0n) is 13.8. The maximum absolute atomic E-state index is 12.2. The molecule has 1 aliphatic heterocycles. The van der Waals surface area contributed by atoms with E-state index >= 15 is 0 Å². The van der Waals surface area contributed by atoms with Gasteiger partial charge in [0.1, 0.15) is 0 Å². The second-order valence-corrected chi connectivity index (χ2v) is 6.91. The third kappa shape index (κ3) is 4.32. The van der Waals surface area contributed by atoms with Crippen molar-refractivity contribution in [2.24, 2.45) is 0 Å². The van der Waals surface area contributed by atoms with E-state index in [1.165, 1.54) is 11.3 Å². The maximum Gasteiger partial charge on any atom is 0.317 e. The summed E-state index contributed by atoms with van der Waals surface area (Å²) in [6.45, 7) is 2.58. The van der Waals surface area contributed by atoms with Crippen LogP contribution < -0.4 is 10.2 Å². The molecule has 4 nitrogen and oxygen atoms in total. The van der Waals surface area contributed by atoms with E-state index in [-0.39, 0.29) is 6.03 Å². The smallest absolute Gasteiger partial charge is 0.317 e. The molecule has 122 valence electrons. The molecule has 0 unspecified atom stereocenters. The number of benzene rings is 1. The lowest BCUT2D eigenvalue weighted by molar-refractivity contribution is 0.208. The Bertz CT molecular complexity index is 495. The summed E-state index contributed by atoms with van der Waals surface area (Å²) in [7, 11) is 4.01. The second kappa shape index (κ2) is 8.32. The Kier molecular flexibility index (Phi) is 6.43. The number of carbonyl (C=O) groups excluding carboxylic acids is 1. The van der Waals surface area contributed by atoms with Crippen molar-refractivity contribution >= 4 is 23.5 Å². The number of anilines is 1. The molecule has 22 heavy (non-hydrogen) atoms. The molecule has 2 rings (SSSR count). The summed E-state index contributed by atoms with van der Waals surface area (Å²) in [6, 6.07) is 8.55. The first-order valence-electron chi connectivity index (χ1n) is 7.91. The van der Waals surface area contributed by atoms with Crippen molar-refractivity contribution in [1.29, 1.82) is 0 Å². The van der Waals surface area contributed by atoms with Crippen LogP contribution in [0.1, 0.15) is 24.3 Å². The number of urea groups is 1. The average Bonchev–Trinajstić information content (AvgIpc) is 2.54. The van der Waals surface area contributed by atoms with E-state index in [2.05, 4.69) is 47.8 Å². The van der Waals surface area contributed by atoms with Gasteiger partial charge in [-0.25, -0.2) is 4.79 Å². The molecule has 0 bridgehead atoms. The lowest BCUT2D eigenvalue weighted by Gasteiger charge is -2.33. The minimum absolute atomic E-state index is 0.0394. The summed E-state index contributed by atoms with van der Waals surface area (Å²) in [5.74, 6) is 1.51. The Labute approximate surface area is 138 Å². The van der Waals surface area contributed by atoms with E-state index in [0.717, 1.165) is 38.2 Å². The van der Waals surface area contributed by atoms with E-state index in [1.54, 1.807) is 4.90 Å². The van der Waals surface area contributed by atoms with Gasteiger partial charge in [0.25, 0.3) is 0 Å². The molecule has 0 fully saturated rings. The highest BCUT2D eigenvalue weighted by Crippen LogP contribution is 2.33. The molecule has 1 aliphatic rings. The normalized spacial score (nSPS) is 17.0. The molecule has 0 aromatic heterocycles. The number of nitrogens with one attached hydrogen (secondary N) is 1. The summed E-state index contributed by atoms with van der Waals surface area (Å²) in [5.41, 5.74) is 2.64. The first kappa shape index (κ1) is 17.0. The fourth-order valence-corrected chi connectivity index (χ4v) is 3.33. The summed E-state index contributed by atoms with van der Waals surface area (Å²) in [5, 5.41) is 3.10. The quantitative estimate of drug-likeness (QED) is 0.818. The van der Waals surface area contributed by atoms with E-state index < -0.39 is 0 Å². The molecule has 0 radical (unpaired) electrons. The van der Waals surface area contributed by atoms with Gasteiger partial charge in [-0.3, -0.25) is 0 Å². The van der Waals surface area contributed by atoms with Crippen LogP contribution >= 0.6 is 11.8 Å². The summed E-state index contributed by atoms with van der Waals surface area (Å²) >= 11 is 1.82. The largest absolute Gasteiger partial charge is 0.374 e. The van der Waals surface area contributed by atoms with Crippen LogP contribution in [0, 0.1) is 0 Å². The molecule has 2 amide bonds. The number of fused-ring (bicyclic) bond motifs is 1. The Balaban J connectivity index is 1.87. The van der Waals surface area contributed by atoms with Crippen molar-refractivity contribution in [2.45, 2.75) is 18.8 Å². The van der Waals surface area contributed by atoms with Crippen molar-refractivity contribution in [2.75, 3.05) is 50.6 Å². The molecule has 1 aromatic rings. The van der Waals surface area contributed by atoms with Crippen LogP contribution in [-0.4, -0.2) is 56.7 Å². The molecule has 1 heterocycles. The van der Waals surface area contributed by atoms with Crippen molar-refractivity contribution in [3.05, 3.63) is 29.8 Å². The first-order valence-corrected chi connectivity index (χ1v) is 9.31. The maximum atomic E-state index is 12.2. The molecule has 0 saturated heterocycles. The van der Waals surface area contributed by atoms with Gasteiger partial charge >= 0.3 is 6.03 Å². The van der Waals surface area contributed by atoms with E-state index in [0.29, 0.717) is 5.92 Å². The minimum Gasteiger partial charge on any atom is -0.374 e. The molecular formula is C17H27N3OS. The Morgan fingerprint density at radius 1 is 1.45 bits per heavy atom. The van der Waals surface area contributed by atoms with Gasteiger partial charge in [-0.1, -0.05) is 18.2 Å². The van der Waals surface area contributed by atoms with Gasteiger partial charge in [-0.2, -0.15) is 11.8 Å². The van der Waals surface area contributed by atoms with Gasteiger partial charge in [-0.15, -0.1) is 0 Å². The van der Waals surface area contributed by atoms with Gasteiger partial charge in [0.15, 0.2) is 0 Å². The predicted molar refractivity (Wildman–Crippen MR) is 96.1 cm³/mol. The number of hydrogen-bond acceptors (Lipinski definition) is 3. The van der Waals surface area contributed by atoms with Gasteiger partial charge in [0.2, 0.25) is 0 Å². The third-order valence-corrected chi connectivity index (χ3v) is 4.99. The van der Waals surface area contributed by atoms with Crippen LogP contribution in [0.2, 0.25) is 0 Å². The standard InChI is InChI=1S/C17H27N3OS/c1-19-11-9-14(15-7-4-5-8-16(15)19)13-18-17(21)20(2)10-6-12-22-3/h4-5,7-8,14H,6,9-13H2,1-3H3,(H,18,21)/t14-/m0/s1. The molecule has 1 aromatic carbocycles. The van der Waals surface area contributed by atoms with Crippen molar-refractivity contribution in [3.63, 3.8) is 0 Å². The van der Waals surface area contributed by atoms with Gasteiger partial charge in [-0.05, 0) is 36.5 Å². The highest BCUT2D eigenvalue weighted by atomic mass is 32.2. The average molecular weight is 321 g/mol. The van der Waals surface area contributed by atoms with Gasteiger partial charge in [0, 0.05) is 45.3 Å². The molecule has 0 saturated carbocycles. The SMILES string of the molecule is CSCCCN(C)C(=O)NC[C@@H]1CCN(C)c2ccccc21. The number of rotatable bonds is 6. The number of amides is 2. The molecule has 1 atom stereocenters. The van der Waals surface area contributed by atoms with Crippen LogP contribution in [0.15, 0.2) is 24.3 Å². The fraction of sp³-hybridized carbons (Fsp3) is 0.588. The second-order valence-electron chi connectivity index (χ2n) is 5.92. The van der Waals surface area contributed by atoms with E-state index in [9.17, 15) is 4.79 Å². The minimum atomic E-state index is 0.0394. The fourth-order valence-electron chi connectivity index (χ4n) is 2.91. The highest BCUT2D eigenvalue weighted by Gasteiger charge is 2.23. The summed E-state index contributed by atoms with van der Waals surface area (Å²) in [6.07, 6.45) is 4.23. The Hall–Kier alpha value is -1.36. The van der Waals surface area contributed by atoms with E-state index in [1.807, 2.05) is 18.8 Å². The Morgan fingerprint density at radius 3 is 3.00 bits per heavy atom. The lowest BCUT2D eigenvalue weighted by Crippen LogP contribution is -2.41. The third-order valence-electron chi connectivity index (χ3n) is 4.29. The monoisotopic (exact) mass is 321 g/mol. The van der Waals surface area contributed by atoms with Gasteiger partial charge < -0.3 is 15.1 Å².